The van der Waals surface area contributed by atoms with Crippen molar-refractivity contribution < 1.29 is 23.0 Å². The van der Waals surface area contributed by atoms with E-state index in [1.807, 2.05) is 10.1 Å². The van der Waals surface area contributed by atoms with Gasteiger partial charge >= 0.3 is 0 Å². The zero-order valence-corrected chi connectivity index (χ0v) is 12.4. The molecule has 0 aromatic carbocycles. The summed E-state index contributed by atoms with van der Waals surface area (Å²) in [7, 11) is -3.67. The van der Waals surface area contributed by atoms with E-state index < -0.39 is 22.5 Å². The molecule has 21 heavy (non-hydrogen) atoms. The molecule has 2 aromatic heterocycles. The number of carboxylic acids is 1. The van der Waals surface area contributed by atoms with E-state index in [9.17, 15) is 18.3 Å². The lowest BCUT2D eigenvalue weighted by Gasteiger charge is -2.04. The first kappa shape index (κ1) is 15.5. The molecule has 0 amide bonds. The molecule has 0 saturated heterocycles. The van der Waals surface area contributed by atoms with Crippen LogP contribution < -0.4 is 14.5 Å². The second kappa shape index (κ2) is 6.70. The van der Waals surface area contributed by atoms with Crippen LogP contribution >= 0.6 is 11.3 Å². The number of carboxylic acid groups (broad SMARTS) is 1. The zero-order chi connectivity index (χ0) is 15.3. The second-order valence-electron chi connectivity index (χ2n) is 4.03. The molecule has 2 heterocycles. The monoisotopic (exact) mass is 328 g/mol. The Kier molecular flexibility index (Phi) is 4.94. The maximum atomic E-state index is 11.5. The molecule has 0 aliphatic rings. The molecule has 0 bridgehead atoms. The topological polar surface area (TPSA) is 116 Å². The molecule has 1 N–H and O–H groups in total. The first-order valence-corrected chi connectivity index (χ1v) is 8.42. The normalized spacial score (nSPS) is 11.4. The Hall–Kier alpha value is -1.91. The van der Waals surface area contributed by atoms with Crippen molar-refractivity contribution in [2.24, 2.45) is 0 Å². The van der Waals surface area contributed by atoms with E-state index in [0.29, 0.717) is 0 Å². The average Bonchev–Trinajstić information content (AvgIpc) is 2.98. The lowest BCUT2D eigenvalue weighted by molar-refractivity contribution is -0.749. The van der Waals surface area contributed by atoms with Crippen molar-refractivity contribution >= 4 is 27.3 Å². The molecule has 112 valence electrons. The van der Waals surface area contributed by atoms with Gasteiger partial charge in [0, 0.05) is 23.2 Å². The van der Waals surface area contributed by atoms with Gasteiger partial charge in [-0.05, 0) is 5.10 Å². The number of aryl methyl sites for hydroxylation is 1. The number of hydrogen-bond acceptors (Lipinski definition) is 7. The van der Waals surface area contributed by atoms with Crippen LogP contribution in [0.1, 0.15) is 0 Å². The summed E-state index contributed by atoms with van der Waals surface area (Å²) in [6.45, 7) is -0.621. The number of aliphatic carboxylic acids is 1. The van der Waals surface area contributed by atoms with Crippen molar-refractivity contribution in [1.29, 1.82) is 0 Å². The van der Waals surface area contributed by atoms with Crippen molar-refractivity contribution in [3.63, 3.8) is 0 Å². The van der Waals surface area contributed by atoms with Gasteiger partial charge in [0.15, 0.2) is 12.7 Å². The smallest absolute Gasteiger partial charge is 0.218 e. The quantitative estimate of drug-likeness (QED) is 0.597. The predicted octanol–water partition coefficient (Wildman–Crippen LogP) is -1.84. The molecule has 0 radical (unpaired) electrons. The summed E-state index contributed by atoms with van der Waals surface area (Å²) in [6.07, 6.45) is 4.93. The van der Waals surface area contributed by atoms with Gasteiger partial charge in [-0.15, -0.1) is 11.3 Å². The number of nitrogens with one attached hydrogen (secondary N) is 1. The summed E-state index contributed by atoms with van der Waals surface area (Å²) in [4.78, 5) is 14.4. The van der Waals surface area contributed by atoms with E-state index >= 15 is 0 Å². The Morgan fingerprint density at radius 1 is 1.48 bits per heavy atom. The Morgan fingerprint density at radius 3 is 2.86 bits per heavy atom. The number of carbonyl (C=O) groups is 1. The second-order valence-corrected chi connectivity index (χ2v) is 6.85. The molecule has 2 aromatic rings. The highest BCUT2D eigenvalue weighted by atomic mass is 32.2. The predicted molar refractivity (Wildman–Crippen MR) is 72.3 cm³/mol. The molecular formula is C11H12N4O4S2. The van der Waals surface area contributed by atoms with Crippen LogP contribution in [0.4, 0.5) is 0 Å². The van der Waals surface area contributed by atoms with Crippen LogP contribution in [0.15, 0.2) is 30.0 Å². The number of thiazole rings is 1. The first-order chi connectivity index (χ1) is 9.96. The number of aromatic nitrogens is 3. The summed E-state index contributed by atoms with van der Waals surface area (Å²) in [5.74, 6) is -1.74. The lowest BCUT2D eigenvalue weighted by atomic mass is 10.3. The van der Waals surface area contributed by atoms with Crippen LogP contribution in [0.25, 0.3) is 10.6 Å². The highest BCUT2D eigenvalue weighted by Crippen LogP contribution is 2.18. The van der Waals surface area contributed by atoms with E-state index in [1.54, 1.807) is 24.7 Å². The number of rotatable bonds is 7. The number of sulfonamides is 1. The third-order valence-corrected chi connectivity index (χ3v) is 4.60. The molecule has 0 aliphatic carbocycles. The highest BCUT2D eigenvalue weighted by molar-refractivity contribution is 7.89. The van der Waals surface area contributed by atoms with Gasteiger partial charge in [-0.2, -0.15) is 0 Å². The Morgan fingerprint density at radius 2 is 2.29 bits per heavy atom. The van der Waals surface area contributed by atoms with Crippen LogP contribution in [-0.4, -0.2) is 36.8 Å². The van der Waals surface area contributed by atoms with E-state index in [4.69, 9.17) is 0 Å². The summed E-state index contributed by atoms with van der Waals surface area (Å²) in [6, 6.07) is 1.78. The van der Waals surface area contributed by atoms with Crippen molar-refractivity contribution in [3.05, 3.63) is 30.0 Å². The fourth-order valence-electron chi connectivity index (χ4n) is 1.46. The van der Waals surface area contributed by atoms with Gasteiger partial charge in [0.2, 0.25) is 10.0 Å². The van der Waals surface area contributed by atoms with Crippen molar-refractivity contribution in [2.45, 2.75) is 6.54 Å². The standard InChI is InChI=1S/C11H12N4O4S2/c16-10(17)8-14-21(18,19)6-4-15-3-1-9(7-13-15)11-12-2-5-20-11/h1-3,5,7,14H,4,6,8H2. The molecule has 0 aliphatic heterocycles. The molecule has 0 atom stereocenters. The maximum absolute atomic E-state index is 11.5. The van der Waals surface area contributed by atoms with Crippen molar-refractivity contribution in [3.8, 4) is 10.6 Å². The largest absolute Gasteiger partial charge is 0.549 e. The Balaban J connectivity index is 1.93. The summed E-state index contributed by atoms with van der Waals surface area (Å²) < 4.78 is 26.4. The highest BCUT2D eigenvalue weighted by Gasteiger charge is 2.14. The van der Waals surface area contributed by atoms with Crippen LogP contribution in [0, 0.1) is 0 Å². The van der Waals surface area contributed by atoms with Gasteiger partial charge in [0.25, 0.3) is 0 Å². The van der Waals surface area contributed by atoms with E-state index in [-0.39, 0.29) is 12.3 Å². The zero-order valence-electron chi connectivity index (χ0n) is 10.8. The van der Waals surface area contributed by atoms with Gasteiger partial charge in [-0.1, -0.05) is 4.68 Å². The van der Waals surface area contributed by atoms with Crippen LogP contribution in [0.3, 0.4) is 0 Å². The summed E-state index contributed by atoms with van der Waals surface area (Å²) in [5.41, 5.74) is 0.846. The van der Waals surface area contributed by atoms with Gasteiger partial charge in [0.1, 0.15) is 17.0 Å². The van der Waals surface area contributed by atoms with Gasteiger partial charge in [-0.25, -0.2) is 18.1 Å². The molecule has 0 fully saturated rings. The van der Waals surface area contributed by atoms with Gasteiger partial charge in [-0.3, -0.25) is 0 Å². The molecule has 0 saturated carbocycles. The third-order valence-electron chi connectivity index (χ3n) is 2.48. The van der Waals surface area contributed by atoms with Crippen molar-refractivity contribution in [1.82, 2.24) is 14.8 Å². The average molecular weight is 328 g/mol. The molecule has 2 rings (SSSR count). The molecule has 0 spiro atoms. The van der Waals surface area contributed by atoms with E-state index in [1.165, 1.54) is 16.0 Å². The molecule has 0 unspecified atom stereocenters. The van der Waals surface area contributed by atoms with Crippen molar-refractivity contribution in [2.75, 3.05) is 12.3 Å². The Labute approximate surface area is 125 Å². The SMILES string of the molecule is O=C([O-])CNS(=O)(=O)CC[n+]1ccc(-c2nccs2)cn1. The number of nitrogens with zero attached hydrogens (tertiary/aromatic N) is 3. The van der Waals surface area contributed by atoms with Crippen LogP contribution in [-0.2, 0) is 21.4 Å². The number of carbonyl (C=O) groups excluding carboxylic acids is 1. The number of hydrogen-bond donors (Lipinski definition) is 1. The minimum absolute atomic E-state index is 0.112. The van der Waals surface area contributed by atoms with E-state index in [2.05, 4.69) is 10.1 Å². The minimum Gasteiger partial charge on any atom is -0.549 e. The molecular weight excluding hydrogens is 316 g/mol. The summed E-state index contributed by atoms with van der Waals surface area (Å²) in [5, 5.41) is 17.0. The van der Waals surface area contributed by atoms with Crippen LogP contribution in [0.2, 0.25) is 0 Å². The fraction of sp³-hybridized carbons (Fsp3) is 0.273. The molecule has 8 nitrogen and oxygen atoms in total. The lowest BCUT2D eigenvalue weighted by Crippen LogP contribution is -2.44. The first-order valence-electron chi connectivity index (χ1n) is 5.89. The molecule has 10 heteroatoms. The van der Waals surface area contributed by atoms with Gasteiger partial charge < -0.3 is 9.90 Å². The minimum atomic E-state index is -3.67. The fourth-order valence-corrected chi connectivity index (χ4v) is 3.00. The third kappa shape index (κ3) is 4.85. The van der Waals surface area contributed by atoms with Crippen LogP contribution in [0.5, 0.6) is 0 Å². The Bertz CT molecular complexity index is 698. The summed E-state index contributed by atoms with van der Waals surface area (Å²) >= 11 is 1.48. The maximum Gasteiger partial charge on any atom is 0.218 e. The van der Waals surface area contributed by atoms with Gasteiger partial charge in [0.05, 0.1) is 12.5 Å². The van der Waals surface area contributed by atoms with E-state index in [0.717, 1.165) is 10.6 Å².